The van der Waals surface area contributed by atoms with Gasteiger partial charge in [-0.15, -0.1) is 0 Å². The molecule has 0 unspecified atom stereocenters. The van der Waals surface area contributed by atoms with Crippen molar-refractivity contribution in [1.29, 1.82) is 0 Å². The number of hydrogen-bond acceptors (Lipinski definition) is 5. The molecule has 3 saturated heterocycles. The van der Waals surface area contributed by atoms with E-state index in [9.17, 15) is 9.59 Å². The van der Waals surface area contributed by atoms with E-state index in [0.717, 1.165) is 18.9 Å². The molecule has 1 aromatic rings. The Morgan fingerprint density at radius 3 is 2.75 bits per heavy atom. The molecule has 1 spiro atoms. The Morgan fingerprint density at radius 2 is 2.08 bits per heavy atom. The number of rotatable bonds is 2. The second-order valence-electron chi connectivity index (χ2n) is 6.61. The van der Waals surface area contributed by atoms with Gasteiger partial charge in [0, 0.05) is 51.5 Å². The number of anilines is 1. The van der Waals surface area contributed by atoms with E-state index < -0.39 is 0 Å². The highest BCUT2D eigenvalue weighted by Gasteiger charge is 2.52. The summed E-state index contributed by atoms with van der Waals surface area (Å²) < 4.78 is 5.29. The molecule has 8 heteroatoms. The van der Waals surface area contributed by atoms with Crippen LogP contribution in [0.5, 0.6) is 0 Å². The van der Waals surface area contributed by atoms with Crippen molar-refractivity contribution in [3.8, 4) is 0 Å². The first-order valence-electron chi connectivity index (χ1n) is 8.19. The van der Waals surface area contributed by atoms with Crippen LogP contribution in [0.3, 0.4) is 0 Å². The second-order valence-corrected chi connectivity index (χ2v) is 6.61. The summed E-state index contributed by atoms with van der Waals surface area (Å²) in [5.41, 5.74) is 0.500. The number of likely N-dealkylation sites (N-methyl/N-ethyl adjacent to an activating group) is 1. The van der Waals surface area contributed by atoms with Crippen LogP contribution in [0.15, 0.2) is 18.3 Å². The van der Waals surface area contributed by atoms with Gasteiger partial charge in [-0.25, -0.2) is 9.78 Å². The van der Waals surface area contributed by atoms with Crippen LogP contribution in [0, 0.1) is 0 Å². The van der Waals surface area contributed by atoms with E-state index in [1.807, 2.05) is 18.0 Å². The van der Waals surface area contributed by atoms with Crippen LogP contribution in [-0.4, -0.2) is 85.2 Å². The molecule has 8 nitrogen and oxygen atoms in total. The zero-order chi connectivity index (χ0) is 16.7. The average Bonchev–Trinajstić information content (AvgIpc) is 2.89. The summed E-state index contributed by atoms with van der Waals surface area (Å²) in [5, 5.41) is 2.87. The number of hydrogen-bond donors (Lipinski definition) is 1. The fourth-order valence-corrected chi connectivity index (χ4v) is 3.52. The normalized spacial score (nSPS) is 22.5. The molecule has 3 amide bonds. The maximum atomic E-state index is 12.6. The van der Waals surface area contributed by atoms with Gasteiger partial charge in [-0.05, 0) is 12.1 Å². The fraction of sp³-hybridized carbons (Fsp3) is 0.562. The molecule has 0 atom stereocenters. The Labute approximate surface area is 140 Å². The molecular weight excluding hydrogens is 310 g/mol. The molecule has 0 aliphatic carbocycles. The first kappa shape index (κ1) is 15.2. The smallest absolute Gasteiger partial charge is 0.317 e. The molecule has 4 heterocycles. The van der Waals surface area contributed by atoms with Gasteiger partial charge in [0.2, 0.25) is 0 Å². The van der Waals surface area contributed by atoms with Gasteiger partial charge in [-0.2, -0.15) is 0 Å². The fourth-order valence-electron chi connectivity index (χ4n) is 3.52. The third-order valence-corrected chi connectivity index (χ3v) is 5.17. The number of amides is 3. The average molecular weight is 331 g/mol. The molecule has 3 aliphatic heterocycles. The van der Waals surface area contributed by atoms with Gasteiger partial charge in [0.25, 0.3) is 5.91 Å². The lowest BCUT2D eigenvalue weighted by molar-refractivity contribution is 0.0303. The van der Waals surface area contributed by atoms with Crippen molar-refractivity contribution in [2.24, 2.45) is 0 Å². The van der Waals surface area contributed by atoms with Crippen molar-refractivity contribution >= 4 is 17.8 Å². The van der Waals surface area contributed by atoms with Crippen molar-refractivity contribution in [3.63, 3.8) is 0 Å². The van der Waals surface area contributed by atoms with Crippen molar-refractivity contribution in [2.45, 2.75) is 5.54 Å². The van der Waals surface area contributed by atoms with E-state index in [0.29, 0.717) is 38.4 Å². The first-order chi connectivity index (χ1) is 11.6. The summed E-state index contributed by atoms with van der Waals surface area (Å²) in [6.45, 7) is 4.54. The zero-order valence-electron chi connectivity index (χ0n) is 13.7. The topological polar surface area (TPSA) is 78.0 Å². The Morgan fingerprint density at radius 1 is 1.33 bits per heavy atom. The van der Waals surface area contributed by atoms with Crippen LogP contribution >= 0.6 is 0 Å². The van der Waals surface area contributed by atoms with Crippen molar-refractivity contribution < 1.29 is 14.3 Å². The Hall–Kier alpha value is -2.35. The summed E-state index contributed by atoms with van der Waals surface area (Å²) in [5.74, 6) is 0.805. The summed E-state index contributed by atoms with van der Waals surface area (Å²) in [6, 6.07) is 3.57. The number of aromatic nitrogens is 1. The summed E-state index contributed by atoms with van der Waals surface area (Å²) >= 11 is 0. The molecule has 1 aromatic heterocycles. The van der Waals surface area contributed by atoms with E-state index >= 15 is 0 Å². The van der Waals surface area contributed by atoms with Gasteiger partial charge in [0.15, 0.2) is 0 Å². The number of ether oxygens (including phenoxy) is 1. The highest BCUT2D eigenvalue weighted by Crippen LogP contribution is 2.33. The standard InChI is InChI=1S/C16H21N5O3/c1-19-15(23)18-9-16(19)10-21(11-16)13-8-12(2-3-17-13)14(22)20-4-6-24-7-5-20/h2-3,8H,4-7,9-11H2,1H3,(H,18,23). The number of pyridine rings is 1. The molecule has 3 aliphatic rings. The van der Waals surface area contributed by atoms with E-state index in [-0.39, 0.29) is 17.5 Å². The minimum Gasteiger partial charge on any atom is -0.378 e. The Balaban J connectivity index is 1.46. The lowest BCUT2D eigenvalue weighted by Crippen LogP contribution is -2.69. The monoisotopic (exact) mass is 331 g/mol. The minimum absolute atomic E-state index is 0.0204. The summed E-state index contributed by atoms with van der Waals surface area (Å²) in [4.78, 5) is 34.3. The molecule has 24 heavy (non-hydrogen) atoms. The van der Waals surface area contributed by atoms with E-state index in [2.05, 4.69) is 15.2 Å². The Bertz CT molecular complexity index is 667. The minimum atomic E-state index is -0.150. The molecule has 0 aromatic carbocycles. The molecule has 3 fully saturated rings. The van der Waals surface area contributed by atoms with Crippen LogP contribution in [0.1, 0.15) is 10.4 Å². The van der Waals surface area contributed by atoms with Gasteiger partial charge in [-0.3, -0.25) is 4.79 Å². The van der Waals surface area contributed by atoms with Crippen molar-refractivity contribution in [3.05, 3.63) is 23.9 Å². The molecule has 0 bridgehead atoms. The zero-order valence-corrected chi connectivity index (χ0v) is 13.7. The van der Waals surface area contributed by atoms with Crippen LogP contribution in [0.2, 0.25) is 0 Å². The first-order valence-corrected chi connectivity index (χ1v) is 8.19. The quantitative estimate of drug-likeness (QED) is 0.810. The van der Waals surface area contributed by atoms with E-state index in [1.165, 1.54) is 0 Å². The van der Waals surface area contributed by atoms with E-state index in [4.69, 9.17) is 4.74 Å². The van der Waals surface area contributed by atoms with Gasteiger partial charge in [0.05, 0.1) is 18.8 Å². The predicted molar refractivity (Wildman–Crippen MR) is 87.1 cm³/mol. The molecule has 0 radical (unpaired) electrons. The number of carbonyl (C=O) groups excluding carboxylic acids is 2. The molecule has 128 valence electrons. The van der Waals surface area contributed by atoms with Crippen molar-refractivity contribution in [1.82, 2.24) is 20.1 Å². The third kappa shape index (κ3) is 2.37. The summed E-state index contributed by atoms with van der Waals surface area (Å²) in [6.07, 6.45) is 1.68. The molecule has 4 rings (SSSR count). The van der Waals surface area contributed by atoms with Crippen LogP contribution in [0.4, 0.5) is 10.6 Å². The number of nitrogens with zero attached hydrogens (tertiary/aromatic N) is 4. The molecule has 0 saturated carbocycles. The number of nitrogens with one attached hydrogen (secondary N) is 1. The lowest BCUT2D eigenvalue weighted by atomic mass is 9.89. The highest BCUT2D eigenvalue weighted by molar-refractivity contribution is 5.95. The predicted octanol–water partition coefficient (Wildman–Crippen LogP) is -0.232. The molecule has 1 N–H and O–H groups in total. The number of carbonyl (C=O) groups is 2. The van der Waals surface area contributed by atoms with Gasteiger partial charge in [-0.1, -0.05) is 0 Å². The van der Waals surface area contributed by atoms with Crippen LogP contribution < -0.4 is 10.2 Å². The van der Waals surface area contributed by atoms with Gasteiger partial charge < -0.3 is 24.8 Å². The molecular formula is C16H21N5O3. The lowest BCUT2D eigenvalue weighted by Gasteiger charge is -2.51. The largest absolute Gasteiger partial charge is 0.378 e. The maximum Gasteiger partial charge on any atom is 0.317 e. The Kier molecular flexibility index (Phi) is 3.56. The summed E-state index contributed by atoms with van der Waals surface area (Å²) in [7, 11) is 1.82. The number of urea groups is 1. The highest BCUT2D eigenvalue weighted by atomic mass is 16.5. The number of morpholine rings is 1. The maximum absolute atomic E-state index is 12.6. The van der Waals surface area contributed by atoms with Crippen molar-refractivity contribution in [2.75, 3.05) is 57.9 Å². The van der Waals surface area contributed by atoms with Crippen LogP contribution in [-0.2, 0) is 4.74 Å². The third-order valence-electron chi connectivity index (χ3n) is 5.17. The SMILES string of the molecule is CN1C(=O)NCC12CN(c1cc(C(=O)N3CCOCC3)ccn1)C2. The van der Waals surface area contributed by atoms with Crippen LogP contribution in [0.25, 0.3) is 0 Å². The van der Waals surface area contributed by atoms with E-state index in [1.54, 1.807) is 17.2 Å². The van der Waals surface area contributed by atoms with Gasteiger partial charge >= 0.3 is 6.03 Å². The van der Waals surface area contributed by atoms with Gasteiger partial charge in [0.1, 0.15) is 5.82 Å². The second kappa shape index (κ2) is 5.62.